The van der Waals surface area contributed by atoms with Crippen molar-refractivity contribution in [3.8, 4) is 5.75 Å². The average Bonchev–Trinajstić information content (AvgIpc) is 2.78. The summed E-state index contributed by atoms with van der Waals surface area (Å²) >= 11 is 0. The van der Waals surface area contributed by atoms with E-state index in [2.05, 4.69) is 15.5 Å². The summed E-state index contributed by atoms with van der Waals surface area (Å²) in [5.41, 5.74) is 1.18. The predicted octanol–water partition coefficient (Wildman–Crippen LogP) is 1.27. The van der Waals surface area contributed by atoms with Gasteiger partial charge in [0.1, 0.15) is 17.3 Å². The lowest BCUT2D eigenvalue weighted by atomic mass is 10.0. The van der Waals surface area contributed by atoms with Crippen LogP contribution < -0.4 is 10.1 Å². The fraction of sp³-hybridized carbons (Fsp3) is 0.333. The Kier molecular flexibility index (Phi) is 3.57. The monoisotopic (exact) mass is 250 g/mol. The van der Waals surface area contributed by atoms with E-state index in [-0.39, 0.29) is 11.9 Å². The smallest absolute Gasteiger partial charge is 0.132 e. The number of ether oxygens (including phenoxy) is 1. The zero-order chi connectivity index (χ0) is 13.1. The van der Waals surface area contributed by atoms with Crippen molar-refractivity contribution in [2.75, 3.05) is 14.2 Å². The summed E-state index contributed by atoms with van der Waals surface area (Å²) in [6, 6.07) is 4.43. The molecule has 0 saturated heterocycles. The van der Waals surface area contributed by atoms with Crippen molar-refractivity contribution in [1.29, 1.82) is 0 Å². The Morgan fingerprint density at radius 1 is 1.44 bits per heavy atom. The van der Waals surface area contributed by atoms with Crippen molar-refractivity contribution in [2.24, 2.45) is 7.05 Å². The molecule has 0 spiro atoms. The third-order valence-electron chi connectivity index (χ3n) is 2.72. The molecule has 0 aliphatic carbocycles. The molecule has 2 aromatic rings. The van der Waals surface area contributed by atoms with Crippen LogP contribution in [0.4, 0.5) is 4.39 Å². The van der Waals surface area contributed by atoms with Crippen LogP contribution >= 0.6 is 0 Å². The van der Waals surface area contributed by atoms with E-state index >= 15 is 0 Å². The van der Waals surface area contributed by atoms with E-state index in [9.17, 15) is 4.39 Å². The van der Waals surface area contributed by atoms with Gasteiger partial charge < -0.3 is 10.1 Å². The van der Waals surface area contributed by atoms with E-state index in [4.69, 9.17) is 4.74 Å². The highest BCUT2D eigenvalue weighted by Crippen LogP contribution is 2.25. The Labute approximate surface area is 105 Å². The van der Waals surface area contributed by atoms with Crippen molar-refractivity contribution in [1.82, 2.24) is 20.3 Å². The molecule has 1 N–H and O–H groups in total. The zero-order valence-electron chi connectivity index (χ0n) is 10.5. The summed E-state index contributed by atoms with van der Waals surface area (Å²) < 4.78 is 19.0. The van der Waals surface area contributed by atoms with Crippen LogP contribution in [0.3, 0.4) is 0 Å². The molecule has 1 atom stereocenters. The molecule has 1 unspecified atom stereocenters. The Balaban J connectivity index is 2.39. The minimum absolute atomic E-state index is 0.329. The SMILES string of the molecule is CNC(c1cnn(C)n1)c1ccc(OC)cc1F. The summed E-state index contributed by atoms with van der Waals surface area (Å²) in [7, 11) is 4.98. The number of aromatic nitrogens is 3. The Bertz CT molecular complexity index is 541. The molecule has 0 bridgehead atoms. The van der Waals surface area contributed by atoms with Crippen molar-refractivity contribution in [3.05, 3.63) is 41.5 Å². The van der Waals surface area contributed by atoms with Gasteiger partial charge in [-0.25, -0.2) is 4.39 Å². The molecule has 0 amide bonds. The first-order valence-electron chi connectivity index (χ1n) is 5.52. The summed E-state index contributed by atoms with van der Waals surface area (Å²) in [5.74, 6) is 0.157. The molecule has 0 radical (unpaired) electrons. The maximum Gasteiger partial charge on any atom is 0.132 e. The van der Waals surface area contributed by atoms with Crippen LogP contribution in [0.5, 0.6) is 5.75 Å². The lowest BCUT2D eigenvalue weighted by Crippen LogP contribution is -2.19. The molecular formula is C12H15FN4O. The van der Waals surface area contributed by atoms with Gasteiger partial charge in [-0.1, -0.05) is 6.07 Å². The van der Waals surface area contributed by atoms with E-state index in [1.54, 1.807) is 32.4 Å². The van der Waals surface area contributed by atoms with Gasteiger partial charge in [-0.2, -0.15) is 15.0 Å². The second kappa shape index (κ2) is 5.14. The molecule has 5 nitrogen and oxygen atoms in total. The molecule has 6 heteroatoms. The first kappa shape index (κ1) is 12.5. The number of methoxy groups -OCH3 is 1. The number of halogens is 1. The van der Waals surface area contributed by atoms with Crippen molar-refractivity contribution < 1.29 is 9.13 Å². The molecular weight excluding hydrogens is 235 g/mol. The standard InChI is InChI=1S/C12H15FN4O/c1-14-12(11-7-15-17(2)16-11)9-5-4-8(18-3)6-10(9)13/h4-7,12,14H,1-3H3. The van der Waals surface area contributed by atoms with Gasteiger partial charge in [0.2, 0.25) is 0 Å². The molecule has 0 saturated carbocycles. The molecule has 2 rings (SSSR count). The minimum atomic E-state index is -0.334. The first-order chi connectivity index (χ1) is 8.65. The van der Waals surface area contributed by atoms with Crippen LogP contribution in [-0.4, -0.2) is 29.2 Å². The van der Waals surface area contributed by atoms with Crippen molar-refractivity contribution in [3.63, 3.8) is 0 Å². The van der Waals surface area contributed by atoms with E-state index in [0.29, 0.717) is 17.0 Å². The molecule has 0 aliphatic heterocycles. The number of nitrogens with zero attached hydrogens (tertiary/aromatic N) is 3. The maximum absolute atomic E-state index is 14.0. The molecule has 1 aromatic carbocycles. The normalized spacial score (nSPS) is 12.4. The fourth-order valence-corrected chi connectivity index (χ4v) is 1.83. The third kappa shape index (κ3) is 2.33. The molecule has 18 heavy (non-hydrogen) atoms. The van der Waals surface area contributed by atoms with Gasteiger partial charge in [0.25, 0.3) is 0 Å². The third-order valence-corrected chi connectivity index (χ3v) is 2.72. The highest BCUT2D eigenvalue weighted by atomic mass is 19.1. The Morgan fingerprint density at radius 2 is 2.22 bits per heavy atom. The lowest BCUT2D eigenvalue weighted by molar-refractivity contribution is 0.410. The number of hydrogen-bond acceptors (Lipinski definition) is 4. The molecule has 0 aliphatic rings. The number of hydrogen-bond donors (Lipinski definition) is 1. The minimum Gasteiger partial charge on any atom is -0.497 e. The quantitative estimate of drug-likeness (QED) is 0.888. The van der Waals surface area contributed by atoms with Gasteiger partial charge in [-0.3, -0.25) is 0 Å². The van der Waals surface area contributed by atoms with Crippen LogP contribution in [0, 0.1) is 5.82 Å². The Hall–Kier alpha value is -1.95. The molecule has 0 fully saturated rings. The summed E-state index contributed by atoms with van der Waals surface area (Å²) in [4.78, 5) is 1.45. The molecule has 1 aromatic heterocycles. The number of nitrogens with one attached hydrogen (secondary N) is 1. The highest BCUT2D eigenvalue weighted by Gasteiger charge is 2.19. The van der Waals surface area contributed by atoms with Crippen LogP contribution in [0.2, 0.25) is 0 Å². The number of rotatable bonds is 4. The van der Waals surface area contributed by atoms with Crippen LogP contribution in [0.25, 0.3) is 0 Å². The average molecular weight is 250 g/mol. The van der Waals surface area contributed by atoms with Gasteiger partial charge in [0.15, 0.2) is 0 Å². The van der Waals surface area contributed by atoms with E-state index in [1.165, 1.54) is 18.0 Å². The van der Waals surface area contributed by atoms with Crippen LogP contribution in [0.15, 0.2) is 24.4 Å². The number of aryl methyl sites for hydroxylation is 1. The lowest BCUT2D eigenvalue weighted by Gasteiger charge is -2.15. The van der Waals surface area contributed by atoms with E-state index in [1.807, 2.05) is 0 Å². The summed E-state index contributed by atoms with van der Waals surface area (Å²) in [6.07, 6.45) is 1.62. The van der Waals surface area contributed by atoms with Crippen molar-refractivity contribution in [2.45, 2.75) is 6.04 Å². The second-order valence-corrected chi connectivity index (χ2v) is 3.87. The summed E-state index contributed by atoms with van der Waals surface area (Å²) in [5, 5.41) is 11.2. The van der Waals surface area contributed by atoms with Gasteiger partial charge >= 0.3 is 0 Å². The first-order valence-corrected chi connectivity index (χ1v) is 5.52. The predicted molar refractivity (Wildman–Crippen MR) is 64.9 cm³/mol. The fourth-order valence-electron chi connectivity index (χ4n) is 1.83. The highest BCUT2D eigenvalue weighted by molar-refractivity contribution is 5.34. The molecule has 1 heterocycles. The largest absolute Gasteiger partial charge is 0.497 e. The van der Waals surface area contributed by atoms with Gasteiger partial charge in [0, 0.05) is 18.7 Å². The van der Waals surface area contributed by atoms with Gasteiger partial charge in [0.05, 0.1) is 19.3 Å². The van der Waals surface area contributed by atoms with E-state index < -0.39 is 0 Å². The van der Waals surface area contributed by atoms with E-state index in [0.717, 1.165) is 0 Å². The van der Waals surface area contributed by atoms with Crippen LogP contribution in [0.1, 0.15) is 17.3 Å². The summed E-state index contributed by atoms with van der Waals surface area (Å²) in [6.45, 7) is 0. The topological polar surface area (TPSA) is 52.0 Å². The van der Waals surface area contributed by atoms with Gasteiger partial charge in [-0.15, -0.1) is 0 Å². The number of benzene rings is 1. The molecule has 96 valence electrons. The van der Waals surface area contributed by atoms with Gasteiger partial charge in [-0.05, 0) is 13.1 Å². The Morgan fingerprint density at radius 3 is 2.72 bits per heavy atom. The zero-order valence-corrected chi connectivity index (χ0v) is 10.5. The van der Waals surface area contributed by atoms with Crippen molar-refractivity contribution >= 4 is 0 Å². The second-order valence-electron chi connectivity index (χ2n) is 3.87. The van der Waals surface area contributed by atoms with Crippen LogP contribution in [-0.2, 0) is 7.05 Å². The maximum atomic E-state index is 14.0.